The molecule has 0 aromatic carbocycles. The van der Waals surface area contributed by atoms with Gasteiger partial charge in [-0.05, 0) is 26.8 Å². The molecule has 0 aliphatic heterocycles. The highest BCUT2D eigenvalue weighted by Gasteiger charge is 2.22. The van der Waals surface area contributed by atoms with Crippen LogP contribution in [0.1, 0.15) is 26.3 Å². The second-order valence-electron chi connectivity index (χ2n) is 4.77. The van der Waals surface area contributed by atoms with Crippen LogP contribution in [0, 0.1) is 11.8 Å². The fraction of sp³-hybridized carbons (Fsp3) is 0.417. The van der Waals surface area contributed by atoms with Gasteiger partial charge in [-0.2, -0.15) is 0 Å². The van der Waals surface area contributed by atoms with Gasteiger partial charge in [0, 0.05) is 23.5 Å². The predicted octanol–water partition coefficient (Wildman–Crippen LogP) is 0.469. The molecule has 0 atom stereocenters. The van der Waals surface area contributed by atoms with Crippen molar-refractivity contribution in [3.8, 4) is 11.8 Å². The Morgan fingerprint density at radius 1 is 1.39 bits per heavy atom. The van der Waals surface area contributed by atoms with Gasteiger partial charge in [0.1, 0.15) is 4.90 Å². The molecule has 0 saturated heterocycles. The Bertz CT molecular complexity index is 577. The minimum atomic E-state index is -3.58. The Morgan fingerprint density at radius 2 is 2.06 bits per heavy atom. The van der Waals surface area contributed by atoms with Gasteiger partial charge in [0.2, 0.25) is 10.0 Å². The molecule has 98 valence electrons. The predicted molar refractivity (Wildman–Crippen MR) is 70.2 cm³/mol. The molecule has 1 rings (SSSR count). The van der Waals surface area contributed by atoms with Crippen LogP contribution in [0.5, 0.6) is 0 Å². The molecule has 1 aromatic heterocycles. The minimum absolute atomic E-state index is 0.0984. The lowest BCUT2D eigenvalue weighted by atomic mass is 10.1. The molecule has 0 radical (unpaired) electrons. The van der Waals surface area contributed by atoms with E-state index in [2.05, 4.69) is 21.5 Å². The van der Waals surface area contributed by atoms with Crippen molar-refractivity contribution < 1.29 is 8.42 Å². The molecule has 18 heavy (non-hydrogen) atoms. The zero-order valence-electron chi connectivity index (χ0n) is 10.7. The monoisotopic (exact) mass is 267 g/mol. The van der Waals surface area contributed by atoms with Crippen molar-refractivity contribution in [1.29, 1.82) is 0 Å². The number of nitrogens with zero attached hydrogens (tertiary/aromatic N) is 1. The molecule has 0 fully saturated rings. The molecule has 1 aromatic rings. The standard InChI is InChI=1S/C12H17N3O2S/c1-12(2,3)15-18(16,17)11-7-10(5-4-6-13)8-14-9-11/h7-9,15H,6,13H2,1-3H3. The van der Waals surface area contributed by atoms with Gasteiger partial charge in [-0.15, -0.1) is 0 Å². The summed E-state index contributed by atoms with van der Waals surface area (Å²) in [5.41, 5.74) is 5.24. The van der Waals surface area contributed by atoms with Gasteiger partial charge in [-0.1, -0.05) is 11.8 Å². The number of nitrogens with one attached hydrogen (secondary N) is 1. The Balaban J connectivity index is 3.10. The van der Waals surface area contributed by atoms with Crippen molar-refractivity contribution in [2.75, 3.05) is 6.54 Å². The Labute approximate surface area is 108 Å². The van der Waals surface area contributed by atoms with Crippen LogP contribution in [0.2, 0.25) is 0 Å². The summed E-state index contributed by atoms with van der Waals surface area (Å²) >= 11 is 0. The summed E-state index contributed by atoms with van der Waals surface area (Å²) < 4.78 is 26.7. The first kappa shape index (κ1) is 14.6. The molecule has 0 aliphatic carbocycles. The first-order valence-corrected chi connectivity index (χ1v) is 6.91. The first-order chi connectivity index (χ1) is 8.24. The van der Waals surface area contributed by atoms with E-state index in [1.54, 1.807) is 20.8 Å². The quantitative estimate of drug-likeness (QED) is 0.763. The molecule has 0 saturated carbocycles. The summed E-state index contributed by atoms with van der Waals surface area (Å²) in [6.07, 6.45) is 2.79. The normalized spacial score (nSPS) is 11.8. The van der Waals surface area contributed by atoms with Gasteiger partial charge in [0.05, 0.1) is 6.54 Å². The van der Waals surface area contributed by atoms with Crippen LogP contribution in [0.3, 0.4) is 0 Å². The lowest BCUT2D eigenvalue weighted by Gasteiger charge is -2.20. The van der Waals surface area contributed by atoms with E-state index in [-0.39, 0.29) is 11.4 Å². The van der Waals surface area contributed by atoms with Crippen molar-refractivity contribution in [2.45, 2.75) is 31.2 Å². The van der Waals surface area contributed by atoms with E-state index in [9.17, 15) is 8.42 Å². The summed E-state index contributed by atoms with van der Waals surface area (Å²) in [7, 11) is -3.58. The van der Waals surface area contributed by atoms with Gasteiger partial charge >= 0.3 is 0 Å². The largest absolute Gasteiger partial charge is 0.320 e. The van der Waals surface area contributed by atoms with Gasteiger partial charge in [0.15, 0.2) is 0 Å². The third-order valence-corrected chi connectivity index (χ3v) is 3.52. The summed E-state index contributed by atoms with van der Waals surface area (Å²) in [5.74, 6) is 5.40. The molecule has 3 N–H and O–H groups in total. The van der Waals surface area contributed by atoms with E-state index < -0.39 is 15.6 Å². The second kappa shape index (κ2) is 5.48. The van der Waals surface area contributed by atoms with Crippen molar-refractivity contribution in [1.82, 2.24) is 9.71 Å². The lowest BCUT2D eigenvalue weighted by Crippen LogP contribution is -2.40. The number of hydrogen-bond acceptors (Lipinski definition) is 4. The maximum absolute atomic E-state index is 12.0. The molecule has 0 spiro atoms. The van der Waals surface area contributed by atoms with Crippen molar-refractivity contribution in [3.05, 3.63) is 24.0 Å². The SMILES string of the molecule is CC(C)(C)NS(=O)(=O)c1cncc(C#CCN)c1. The number of nitrogens with two attached hydrogens (primary N) is 1. The maximum Gasteiger partial charge on any atom is 0.242 e. The van der Waals surface area contributed by atoms with E-state index in [4.69, 9.17) is 5.73 Å². The summed E-state index contributed by atoms with van der Waals surface area (Å²) in [4.78, 5) is 3.97. The number of hydrogen-bond donors (Lipinski definition) is 2. The summed E-state index contributed by atoms with van der Waals surface area (Å²) in [6.45, 7) is 5.54. The molecular formula is C12H17N3O2S. The van der Waals surface area contributed by atoms with Crippen LogP contribution < -0.4 is 10.5 Å². The lowest BCUT2D eigenvalue weighted by molar-refractivity contribution is 0.491. The van der Waals surface area contributed by atoms with E-state index in [0.717, 1.165) is 0 Å². The average Bonchev–Trinajstić information content (AvgIpc) is 2.23. The summed E-state index contributed by atoms with van der Waals surface area (Å²) in [6, 6.07) is 1.48. The van der Waals surface area contributed by atoms with Crippen molar-refractivity contribution >= 4 is 10.0 Å². The molecule has 5 nitrogen and oxygen atoms in total. The van der Waals surface area contributed by atoms with Gasteiger partial charge in [-0.25, -0.2) is 13.1 Å². The summed E-state index contributed by atoms with van der Waals surface area (Å²) in [5, 5.41) is 0. The molecule has 0 bridgehead atoms. The van der Waals surface area contributed by atoms with Gasteiger partial charge in [0.25, 0.3) is 0 Å². The topological polar surface area (TPSA) is 85.1 Å². The molecule has 0 unspecified atom stereocenters. The van der Waals surface area contributed by atoms with Crippen LogP contribution in [-0.4, -0.2) is 25.5 Å². The maximum atomic E-state index is 12.0. The molecule has 0 amide bonds. The zero-order valence-corrected chi connectivity index (χ0v) is 11.5. The highest BCUT2D eigenvalue weighted by atomic mass is 32.2. The smallest absolute Gasteiger partial charge is 0.242 e. The zero-order chi connectivity index (χ0) is 13.8. The number of sulfonamides is 1. The van der Waals surface area contributed by atoms with Crippen molar-refractivity contribution in [3.63, 3.8) is 0 Å². The Kier molecular flexibility index (Phi) is 4.46. The van der Waals surface area contributed by atoms with Crippen LogP contribution in [-0.2, 0) is 10.0 Å². The van der Waals surface area contributed by atoms with E-state index in [1.165, 1.54) is 18.5 Å². The molecular weight excluding hydrogens is 250 g/mol. The third-order valence-electron chi connectivity index (χ3n) is 1.80. The van der Waals surface area contributed by atoms with Crippen LogP contribution in [0.25, 0.3) is 0 Å². The number of aromatic nitrogens is 1. The van der Waals surface area contributed by atoms with E-state index in [0.29, 0.717) is 5.56 Å². The van der Waals surface area contributed by atoms with Crippen LogP contribution >= 0.6 is 0 Å². The molecule has 1 heterocycles. The highest BCUT2D eigenvalue weighted by molar-refractivity contribution is 7.89. The van der Waals surface area contributed by atoms with E-state index in [1.807, 2.05) is 0 Å². The van der Waals surface area contributed by atoms with Crippen LogP contribution in [0.15, 0.2) is 23.4 Å². The number of pyridine rings is 1. The average molecular weight is 267 g/mol. The first-order valence-electron chi connectivity index (χ1n) is 5.42. The number of rotatable bonds is 2. The van der Waals surface area contributed by atoms with Crippen LogP contribution in [0.4, 0.5) is 0 Å². The molecule has 6 heteroatoms. The fourth-order valence-electron chi connectivity index (χ4n) is 1.25. The minimum Gasteiger partial charge on any atom is -0.320 e. The Hall–Kier alpha value is -1.42. The molecule has 0 aliphatic rings. The van der Waals surface area contributed by atoms with E-state index >= 15 is 0 Å². The fourth-order valence-corrected chi connectivity index (χ4v) is 2.66. The van der Waals surface area contributed by atoms with Crippen molar-refractivity contribution in [2.24, 2.45) is 5.73 Å². The third kappa shape index (κ3) is 4.45. The second-order valence-corrected chi connectivity index (χ2v) is 6.45. The van der Waals surface area contributed by atoms with Gasteiger partial charge < -0.3 is 5.73 Å². The Morgan fingerprint density at radius 3 is 2.61 bits per heavy atom. The highest BCUT2D eigenvalue weighted by Crippen LogP contribution is 2.12. The van der Waals surface area contributed by atoms with Gasteiger partial charge in [-0.3, -0.25) is 4.98 Å².